The van der Waals surface area contributed by atoms with Gasteiger partial charge in [-0.3, -0.25) is 9.59 Å². The Morgan fingerprint density at radius 2 is 2.05 bits per heavy atom. The minimum Gasteiger partial charge on any atom is -0.383 e. The normalized spacial score (nSPS) is 29.3. The molecule has 5 nitrogen and oxygen atoms in total. The molecule has 1 aliphatic heterocycles. The lowest BCUT2D eigenvalue weighted by Gasteiger charge is -2.46. The highest BCUT2D eigenvalue weighted by Gasteiger charge is 2.48. The number of hydrogen-bond acceptors (Lipinski definition) is 3. The molecule has 0 aromatic heterocycles. The third kappa shape index (κ3) is 3.08. The first kappa shape index (κ1) is 16.0. The fraction of sp³-hybridized carbons (Fsp3) is 0.857. The molecule has 1 N–H and O–H groups in total. The number of nitrogens with one attached hydrogen (secondary N) is 1. The van der Waals surface area contributed by atoms with Crippen LogP contribution >= 0.6 is 0 Å². The maximum Gasteiger partial charge on any atom is 0.249 e. The average Bonchev–Trinajstić information content (AvgIpc) is 2.36. The number of methoxy groups -OCH3 is 1. The van der Waals surface area contributed by atoms with Gasteiger partial charge in [-0.2, -0.15) is 0 Å². The van der Waals surface area contributed by atoms with Crippen molar-refractivity contribution in [3.63, 3.8) is 0 Å². The first-order valence-corrected chi connectivity index (χ1v) is 7.05. The fourth-order valence-corrected chi connectivity index (χ4v) is 2.57. The van der Waals surface area contributed by atoms with Gasteiger partial charge in [0.2, 0.25) is 11.8 Å². The minimum atomic E-state index is -0.788. The summed E-state index contributed by atoms with van der Waals surface area (Å²) < 4.78 is 5.14. The summed E-state index contributed by atoms with van der Waals surface area (Å²) in [5.41, 5.74) is -0.788. The first-order chi connectivity index (χ1) is 8.91. The van der Waals surface area contributed by atoms with Gasteiger partial charge >= 0.3 is 0 Å². The van der Waals surface area contributed by atoms with E-state index in [-0.39, 0.29) is 23.9 Å². The Morgan fingerprint density at radius 1 is 1.42 bits per heavy atom. The van der Waals surface area contributed by atoms with Crippen LogP contribution in [0.25, 0.3) is 0 Å². The van der Waals surface area contributed by atoms with Crippen LogP contribution in [0.15, 0.2) is 0 Å². The zero-order valence-electron chi connectivity index (χ0n) is 12.7. The molecule has 0 radical (unpaired) electrons. The van der Waals surface area contributed by atoms with Crippen LogP contribution in [0.4, 0.5) is 0 Å². The number of nitrogens with zero attached hydrogens (tertiary/aromatic N) is 1. The monoisotopic (exact) mass is 270 g/mol. The summed E-state index contributed by atoms with van der Waals surface area (Å²) >= 11 is 0. The van der Waals surface area contributed by atoms with Crippen LogP contribution in [0, 0.1) is 0 Å². The maximum absolute atomic E-state index is 12.7. The molecule has 0 bridgehead atoms. The van der Waals surface area contributed by atoms with Gasteiger partial charge < -0.3 is 15.0 Å². The smallest absolute Gasteiger partial charge is 0.249 e. The van der Waals surface area contributed by atoms with E-state index in [1.807, 2.05) is 20.8 Å². The molecule has 0 aromatic carbocycles. The number of carbonyl (C=O) groups is 2. The van der Waals surface area contributed by atoms with Gasteiger partial charge in [0.05, 0.1) is 12.6 Å². The first-order valence-electron chi connectivity index (χ1n) is 7.05. The number of carbonyl (C=O) groups excluding carboxylic acids is 2. The van der Waals surface area contributed by atoms with E-state index in [4.69, 9.17) is 4.74 Å². The van der Waals surface area contributed by atoms with Gasteiger partial charge in [0, 0.05) is 7.11 Å². The average molecular weight is 270 g/mol. The molecule has 3 unspecified atom stereocenters. The van der Waals surface area contributed by atoms with Crippen molar-refractivity contribution in [2.75, 3.05) is 13.7 Å². The lowest BCUT2D eigenvalue weighted by Crippen LogP contribution is -2.70. The lowest BCUT2D eigenvalue weighted by molar-refractivity contribution is -0.158. The van der Waals surface area contributed by atoms with Crippen molar-refractivity contribution in [3.8, 4) is 0 Å². The molecule has 19 heavy (non-hydrogen) atoms. The molecule has 1 aliphatic rings. The predicted octanol–water partition coefficient (Wildman–Crippen LogP) is 1.32. The lowest BCUT2D eigenvalue weighted by atomic mass is 9.89. The van der Waals surface area contributed by atoms with Crippen LogP contribution in [0.5, 0.6) is 0 Å². The number of rotatable bonds is 6. The van der Waals surface area contributed by atoms with Crippen LogP contribution in [-0.4, -0.2) is 48.1 Å². The molecule has 2 amide bonds. The van der Waals surface area contributed by atoms with Crippen LogP contribution in [-0.2, 0) is 14.3 Å². The summed E-state index contributed by atoms with van der Waals surface area (Å²) in [6.07, 6.45) is 2.14. The van der Waals surface area contributed by atoms with Gasteiger partial charge in [0.1, 0.15) is 11.6 Å². The molecule has 0 aliphatic carbocycles. The summed E-state index contributed by atoms with van der Waals surface area (Å²) in [7, 11) is 1.61. The van der Waals surface area contributed by atoms with Crippen LogP contribution in [0.1, 0.15) is 47.0 Å². The quantitative estimate of drug-likeness (QED) is 0.792. The van der Waals surface area contributed by atoms with E-state index in [1.54, 1.807) is 18.9 Å². The molecule has 3 atom stereocenters. The van der Waals surface area contributed by atoms with E-state index in [1.165, 1.54) is 0 Å². The molecular weight excluding hydrogens is 244 g/mol. The van der Waals surface area contributed by atoms with Crippen molar-refractivity contribution < 1.29 is 14.3 Å². The number of ether oxygens (including phenoxy) is 1. The van der Waals surface area contributed by atoms with Crippen LogP contribution in [0.2, 0.25) is 0 Å². The largest absolute Gasteiger partial charge is 0.383 e. The molecule has 1 rings (SSSR count). The Balaban J connectivity index is 3.06. The van der Waals surface area contributed by atoms with Crippen molar-refractivity contribution in [2.24, 2.45) is 0 Å². The second kappa shape index (κ2) is 6.37. The summed E-state index contributed by atoms with van der Waals surface area (Å²) in [6.45, 7) is 8.10. The molecule has 0 spiro atoms. The Bertz CT molecular complexity index is 346. The van der Waals surface area contributed by atoms with E-state index >= 15 is 0 Å². The second-order valence-corrected chi connectivity index (χ2v) is 5.50. The zero-order chi connectivity index (χ0) is 14.6. The van der Waals surface area contributed by atoms with Crippen molar-refractivity contribution in [2.45, 2.75) is 64.6 Å². The number of hydrogen-bond donors (Lipinski definition) is 1. The van der Waals surface area contributed by atoms with E-state index in [0.29, 0.717) is 19.4 Å². The van der Waals surface area contributed by atoms with E-state index in [0.717, 1.165) is 6.42 Å². The molecule has 0 aromatic rings. The van der Waals surface area contributed by atoms with Crippen molar-refractivity contribution in [1.29, 1.82) is 0 Å². The number of amides is 2. The molecule has 1 heterocycles. The fourth-order valence-electron chi connectivity index (χ4n) is 2.57. The highest BCUT2D eigenvalue weighted by molar-refractivity contribution is 5.99. The molecule has 110 valence electrons. The van der Waals surface area contributed by atoms with Gasteiger partial charge in [-0.25, -0.2) is 0 Å². The maximum atomic E-state index is 12.7. The topological polar surface area (TPSA) is 58.6 Å². The van der Waals surface area contributed by atoms with Gasteiger partial charge in [0.25, 0.3) is 0 Å². The molecule has 0 saturated carbocycles. The van der Waals surface area contributed by atoms with Crippen LogP contribution < -0.4 is 5.32 Å². The van der Waals surface area contributed by atoms with E-state index in [2.05, 4.69) is 5.32 Å². The Kier molecular flexibility index (Phi) is 5.35. The van der Waals surface area contributed by atoms with Gasteiger partial charge in [-0.1, -0.05) is 20.3 Å². The summed E-state index contributed by atoms with van der Waals surface area (Å²) in [5, 5.41) is 2.88. The Hall–Kier alpha value is -1.10. The summed E-state index contributed by atoms with van der Waals surface area (Å²) in [4.78, 5) is 26.7. The van der Waals surface area contributed by atoms with E-state index in [9.17, 15) is 9.59 Å². The van der Waals surface area contributed by atoms with Crippen molar-refractivity contribution in [1.82, 2.24) is 10.2 Å². The van der Waals surface area contributed by atoms with Gasteiger partial charge in [-0.05, 0) is 26.7 Å². The summed E-state index contributed by atoms with van der Waals surface area (Å²) in [6, 6.07) is -0.465. The third-order valence-electron chi connectivity index (χ3n) is 3.90. The molecule has 1 fully saturated rings. The van der Waals surface area contributed by atoms with Gasteiger partial charge in [-0.15, -0.1) is 0 Å². The molecular formula is C14H26N2O3. The predicted molar refractivity (Wildman–Crippen MR) is 73.7 cm³/mol. The zero-order valence-corrected chi connectivity index (χ0v) is 12.7. The Labute approximate surface area is 115 Å². The van der Waals surface area contributed by atoms with Gasteiger partial charge in [0.15, 0.2) is 0 Å². The SMILES string of the molecule is CCCC1C(=O)NC(C)(CC)C(=O)N1C(C)COC. The third-order valence-corrected chi connectivity index (χ3v) is 3.90. The van der Waals surface area contributed by atoms with Crippen molar-refractivity contribution >= 4 is 11.8 Å². The summed E-state index contributed by atoms with van der Waals surface area (Å²) in [5.74, 6) is -0.0497. The van der Waals surface area contributed by atoms with E-state index < -0.39 is 5.54 Å². The van der Waals surface area contributed by atoms with Crippen molar-refractivity contribution in [3.05, 3.63) is 0 Å². The highest BCUT2D eigenvalue weighted by atomic mass is 16.5. The standard InChI is InChI=1S/C14H26N2O3/c1-6-8-11-12(17)15-14(4,7-2)13(18)16(11)10(3)9-19-5/h10-11H,6-9H2,1-5H3,(H,15,17). The molecule has 5 heteroatoms. The second-order valence-electron chi connectivity index (χ2n) is 5.50. The van der Waals surface area contributed by atoms with Crippen LogP contribution in [0.3, 0.4) is 0 Å². The molecule has 1 saturated heterocycles. The number of piperazine rings is 1. The highest BCUT2D eigenvalue weighted by Crippen LogP contribution is 2.25. The Morgan fingerprint density at radius 3 is 2.53 bits per heavy atom. The minimum absolute atomic E-state index is 0.00222.